The SMILES string of the molecule is CNC(C)c1ccc(N2CCCC2CN(C)C)nc1. The number of aromatic nitrogens is 1. The Morgan fingerprint density at radius 3 is 2.84 bits per heavy atom. The van der Waals surface area contributed by atoms with Gasteiger partial charge in [-0.25, -0.2) is 4.98 Å². The summed E-state index contributed by atoms with van der Waals surface area (Å²) in [7, 11) is 6.26. The van der Waals surface area contributed by atoms with E-state index < -0.39 is 0 Å². The Morgan fingerprint density at radius 1 is 1.47 bits per heavy atom. The lowest BCUT2D eigenvalue weighted by atomic mass is 10.1. The second kappa shape index (κ2) is 6.35. The van der Waals surface area contributed by atoms with Gasteiger partial charge in [0.05, 0.1) is 0 Å². The molecule has 1 aliphatic heterocycles. The molecule has 1 aromatic rings. The number of nitrogens with zero attached hydrogens (tertiary/aromatic N) is 3. The van der Waals surface area contributed by atoms with Crippen LogP contribution in [0, 0.1) is 0 Å². The first kappa shape index (κ1) is 14.3. The number of hydrogen-bond acceptors (Lipinski definition) is 4. The molecular formula is C15H26N4. The fourth-order valence-corrected chi connectivity index (χ4v) is 2.74. The molecule has 0 saturated carbocycles. The highest BCUT2D eigenvalue weighted by Crippen LogP contribution is 2.25. The van der Waals surface area contributed by atoms with Gasteiger partial charge in [-0.15, -0.1) is 0 Å². The van der Waals surface area contributed by atoms with Crippen molar-refractivity contribution < 1.29 is 0 Å². The summed E-state index contributed by atoms with van der Waals surface area (Å²) < 4.78 is 0. The minimum Gasteiger partial charge on any atom is -0.352 e. The van der Waals surface area contributed by atoms with Crippen LogP contribution in [0.4, 0.5) is 5.82 Å². The summed E-state index contributed by atoms with van der Waals surface area (Å²) in [5.74, 6) is 1.12. The zero-order chi connectivity index (χ0) is 13.8. The van der Waals surface area contributed by atoms with Crippen LogP contribution in [0.5, 0.6) is 0 Å². The molecule has 0 amide bonds. The molecule has 4 nitrogen and oxygen atoms in total. The highest BCUT2D eigenvalue weighted by Gasteiger charge is 2.25. The van der Waals surface area contributed by atoms with Gasteiger partial charge in [-0.2, -0.15) is 0 Å². The normalized spacial score (nSPS) is 21.1. The number of likely N-dealkylation sites (N-methyl/N-ethyl adjacent to an activating group) is 1. The van der Waals surface area contributed by atoms with Crippen molar-refractivity contribution in [1.82, 2.24) is 15.2 Å². The molecule has 0 bridgehead atoms. The van der Waals surface area contributed by atoms with E-state index in [0.717, 1.165) is 18.9 Å². The van der Waals surface area contributed by atoms with E-state index in [1.807, 2.05) is 13.2 Å². The average molecular weight is 262 g/mol. The van der Waals surface area contributed by atoms with Crippen LogP contribution in [0.15, 0.2) is 18.3 Å². The first-order valence-electron chi connectivity index (χ1n) is 7.16. The standard InChI is InChI=1S/C15H26N4/c1-12(16-2)13-7-8-15(17-10-13)19-9-5-6-14(19)11-18(3)4/h7-8,10,12,14,16H,5-6,9,11H2,1-4H3. The zero-order valence-electron chi connectivity index (χ0n) is 12.6. The second-order valence-electron chi connectivity index (χ2n) is 5.71. The number of nitrogens with one attached hydrogen (secondary N) is 1. The highest BCUT2D eigenvalue weighted by atomic mass is 15.3. The quantitative estimate of drug-likeness (QED) is 0.878. The maximum absolute atomic E-state index is 4.65. The highest BCUT2D eigenvalue weighted by molar-refractivity contribution is 5.42. The fourth-order valence-electron chi connectivity index (χ4n) is 2.74. The van der Waals surface area contributed by atoms with Gasteiger partial charge >= 0.3 is 0 Å². The van der Waals surface area contributed by atoms with Crippen LogP contribution in [0.1, 0.15) is 31.4 Å². The monoisotopic (exact) mass is 262 g/mol. The van der Waals surface area contributed by atoms with Gasteiger partial charge in [-0.3, -0.25) is 0 Å². The average Bonchev–Trinajstić information content (AvgIpc) is 2.85. The van der Waals surface area contributed by atoms with Gasteiger partial charge in [0.15, 0.2) is 0 Å². The van der Waals surface area contributed by atoms with E-state index in [4.69, 9.17) is 0 Å². The smallest absolute Gasteiger partial charge is 0.128 e. The number of hydrogen-bond donors (Lipinski definition) is 1. The molecular weight excluding hydrogens is 236 g/mol. The van der Waals surface area contributed by atoms with Gasteiger partial charge in [-0.05, 0) is 52.5 Å². The number of pyridine rings is 1. The van der Waals surface area contributed by atoms with E-state index >= 15 is 0 Å². The Morgan fingerprint density at radius 2 is 2.26 bits per heavy atom. The third-order valence-electron chi connectivity index (χ3n) is 3.95. The van der Waals surface area contributed by atoms with Crippen molar-refractivity contribution in [2.24, 2.45) is 0 Å². The summed E-state index contributed by atoms with van der Waals surface area (Å²) in [4.78, 5) is 9.37. The first-order chi connectivity index (χ1) is 9.11. The Kier molecular flexibility index (Phi) is 4.77. The van der Waals surface area contributed by atoms with Crippen LogP contribution in [0.25, 0.3) is 0 Å². The van der Waals surface area contributed by atoms with Gasteiger partial charge in [-0.1, -0.05) is 6.07 Å². The second-order valence-corrected chi connectivity index (χ2v) is 5.71. The van der Waals surface area contributed by atoms with Crippen molar-refractivity contribution >= 4 is 5.82 Å². The molecule has 2 rings (SSSR count). The Hall–Kier alpha value is -1.13. The molecule has 1 N–H and O–H groups in total. The topological polar surface area (TPSA) is 31.4 Å². The van der Waals surface area contributed by atoms with Crippen molar-refractivity contribution in [2.75, 3.05) is 39.1 Å². The lowest BCUT2D eigenvalue weighted by Gasteiger charge is -2.28. The number of rotatable bonds is 5. The van der Waals surface area contributed by atoms with E-state index in [0.29, 0.717) is 12.1 Å². The van der Waals surface area contributed by atoms with Crippen molar-refractivity contribution in [3.8, 4) is 0 Å². The van der Waals surface area contributed by atoms with E-state index in [-0.39, 0.29) is 0 Å². The molecule has 0 radical (unpaired) electrons. The van der Waals surface area contributed by atoms with Crippen molar-refractivity contribution in [3.05, 3.63) is 23.9 Å². The summed E-state index contributed by atoms with van der Waals surface area (Å²) in [6, 6.07) is 5.32. The molecule has 1 fully saturated rings. The summed E-state index contributed by atoms with van der Waals surface area (Å²) in [6.07, 6.45) is 4.55. The molecule has 2 atom stereocenters. The van der Waals surface area contributed by atoms with Gasteiger partial charge in [0.25, 0.3) is 0 Å². The van der Waals surface area contributed by atoms with E-state index in [1.165, 1.54) is 18.4 Å². The third-order valence-corrected chi connectivity index (χ3v) is 3.95. The molecule has 1 aliphatic rings. The van der Waals surface area contributed by atoms with Crippen LogP contribution in [0.2, 0.25) is 0 Å². The summed E-state index contributed by atoms with van der Waals surface area (Å²) >= 11 is 0. The maximum Gasteiger partial charge on any atom is 0.128 e. The Balaban J connectivity index is 2.08. The molecule has 0 aromatic carbocycles. The van der Waals surface area contributed by atoms with Gasteiger partial charge in [0, 0.05) is 31.4 Å². The lowest BCUT2D eigenvalue weighted by Crippen LogP contribution is -2.38. The van der Waals surface area contributed by atoms with Crippen LogP contribution in [0.3, 0.4) is 0 Å². The molecule has 19 heavy (non-hydrogen) atoms. The van der Waals surface area contributed by atoms with Crippen molar-refractivity contribution in [1.29, 1.82) is 0 Å². The largest absolute Gasteiger partial charge is 0.352 e. The molecule has 2 heterocycles. The molecule has 0 spiro atoms. The molecule has 4 heteroatoms. The Bertz CT molecular complexity index is 388. The van der Waals surface area contributed by atoms with Crippen LogP contribution in [-0.4, -0.2) is 50.2 Å². The predicted octanol–water partition coefficient (Wildman–Crippen LogP) is 1.89. The minimum atomic E-state index is 0.359. The lowest BCUT2D eigenvalue weighted by molar-refractivity contribution is 0.371. The van der Waals surface area contributed by atoms with Gasteiger partial charge in [0.2, 0.25) is 0 Å². The molecule has 2 unspecified atom stereocenters. The van der Waals surface area contributed by atoms with E-state index in [1.54, 1.807) is 0 Å². The zero-order valence-corrected chi connectivity index (χ0v) is 12.6. The van der Waals surface area contributed by atoms with Crippen molar-refractivity contribution in [3.63, 3.8) is 0 Å². The first-order valence-corrected chi connectivity index (χ1v) is 7.16. The van der Waals surface area contributed by atoms with Crippen LogP contribution >= 0.6 is 0 Å². The van der Waals surface area contributed by atoms with Gasteiger partial charge in [0.1, 0.15) is 5.82 Å². The van der Waals surface area contributed by atoms with Crippen LogP contribution in [-0.2, 0) is 0 Å². The molecule has 106 valence electrons. The number of anilines is 1. The predicted molar refractivity (Wildman–Crippen MR) is 80.6 cm³/mol. The fraction of sp³-hybridized carbons (Fsp3) is 0.667. The maximum atomic E-state index is 4.65. The van der Waals surface area contributed by atoms with Crippen molar-refractivity contribution in [2.45, 2.75) is 31.8 Å². The Labute approximate surface area is 116 Å². The summed E-state index contributed by atoms with van der Waals surface area (Å²) in [5, 5.41) is 3.24. The van der Waals surface area contributed by atoms with E-state index in [9.17, 15) is 0 Å². The molecule has 0 aliphatic carbocycles. The van der Waals surface area contributed by atoms with Gasteiger partial charge < -0.3 is 15.1 Å². The summed E-state index contributed by atoms with van der Waals surface area (Å²) in [5.41, 5.74) is 1.25. The minimum absolute atomic E-state index is 0.359. The third kappa shape index (κ3) is 3.45. The van der Waals surface area contributed by atoms with E-state index in [2.05, 4.69) is 53.3 Å². The molecule has 1 aromatic heterocycles. The molecule has 1 saturated heterocycles. The summed E-state index contributed by atoms with van der Waals surface area (Å²) in [6.45, 7) is 4.39. The van der Waals surface area contributed by atoms with Crippen LogP contribution < -0.4 is 10.2 Å².